The summed E-state index contributed by atoms with van der Waals surface area (Å²) < 4.78 is 18.9. The highest BCUT2D eigenvalue weighted by atomic mass is 16.5. The molecule has 0 atom stereocenters. The maximum atomic E-state index is 5.90. The third kappa shape index (κ3) is 4.63. The molecule has 0 saturated heterocycles. The molecule has 0 aliphatic rings. The summed E-state index contributed by atoms with van der Waals surface area (Å²) in [5.41, 5.74) is 2.69. The summed E-state index contributed by atoms with van der Waals surface area (Å²) in [6.45, 7) is 5.31. The molecule has 7 nitrogen and oxygen atoms in total. The predicted octanol–water partition coefficient (Wildman–Crippen LogP) is 4.27. The lowest BCUT2D eigenvalue weighted by molar-refractivity contribution is 0.298. The Labute approximate surface area is 168 Å². The van der Waals surface area contributed by atoms with Crippen LogP contribution in [-0.2, 0) is 13.2 Å². The lowest BCUT2D eigenvalue weighted by Gasteiger charge is -2.07. The van der Waals surface area contributed by atoms with Gasteiger partial charge >= 0.3 is 0 Å². The molecular weight excluding hydrogens is 368 g/mol. The van der Waals surface area contributed by atoms with Crippen molar-refractivity contribution in [3.05, 3.63) is 78.1 Å². The van der Waals surface area contributed by atoms with E-state index in [0.717, 1.165) is 22.6 Å². The van der Waals surface area contributed by atoms with Crippen LogP contribution in [-0.4, -0.2) is 26.4 Å². The normalized spacial score (nSPS) is 10.8. The van der Waals surface area contributed by atoms with Crippen molar-refractivity contribution in [3.8, 4) is 23.1 Å². The number of pyridine rings is 1. The molecule has 1 aromatic carbocycles. The van der Waals surface area contributed by atoms with E-state index in [4.69, 9.17) is 13.9 Å². The van der Waals surface area contributed by atoms with Gasteiger partial charge in [-0.05, 0) is 37.6 Å². The van der Waals surface area contributed by atoms with Crippen molar-refractivity contribution in [1.29, 1.82) is 0 Å². The first-order chi connectivity index (χ1) is 14.2. The minimum atomic E-state index is 0.309. The SMILES string of the molecule is CCOc1ccn(Cc2cncc(OCc3nc(-c4ccccc4)oc3C)c2)n1. The van der Waals surface area contributed by atoms with Gasteiger partial charge in [-0.25, -0.2) is 4.98 Å². The number of aromatic nitrogens is 4. The first-order valence-corrected chi connectivity index (χ1v) is 9.46. The number of nitrogens with zero attached hydrogens (tertiary/aromatic N) is 4. The highest BCUT2D eigenvalue weighted by Crippen LogP contribution is 2.22. The average molecular weight is 390 g/mol. The van der Waals surface area contributed by atoms with Gasteiger partial charge in [-0.3, -0.25) is 9.67 Å². The fourth-order valence-electron chi connectivity index (χ4n) is 2.89. The monoisotopic (exact) mass is 390 g/mol. The van der Waals surface area contributed by atoms with Gasteiger partial charge in [-0.2, -0.15) is 0 Å². The average Bonchev–Trinajstić information content (AvgIpc) is 3.34. The molecule has 0 radical (unpaired) electrons. The molecule has 0 spiro atoms. The quantitative estimate of drug-likeness (QED) is 0.447. The van der Waals surface area contributed by atoms with Gasteiger partial charge in [0.05, 0.1) is 19.3 Å². The molecule has 7 heteroatoms. The lowest BCUT2D eigenvalue weighted by Crippen LogP contribution is -2.03. The molecule has 0 fully saturated rings. The summed E-state index contributed by atoms with van der Waals surface area (Å²) >= 11 is 0. The lowest BCUT2D eigenvalue weighted by atomic mass is 10.2. The Morgan fingerprint density at radius 2 is 1.93 bits per heavy atom. The van der Waals surface area contributed by atoms with E-state index in [1.165, 1.54) is 0 Å². The van der Waals surface area contributed by atoms with E-state index in [2.05, 4.69) is 15.1 Å². The number of hydrogen-bond acceptors (Lipinski definition) is 6. The van der Waals surface area contributed by atoms with Crippen LogP contribution in [0.15, 0.2) is 65.5 Å². The number of ether oxygens (including phenoxy) is 2. The number of benzene rings is 1. The van der Waals surface area contributed by atoms with Gasteiger partial charge in [0.15, 0.2) is 0 Å². The zero-order valence-electron chi connectivity index (χ0n) is 16.4. The fourth-order valence-corrected chi connectivity index (χ4v) is 2.89. The van der Waals surface area contributed by atoms with Crippen LogP contribution in [0.4, 0.5) is 0 Å². The van der Waals surface area contributed by atoms with Gasteiger partial charge in [0.1, 0.15) is 23.8 Å². The van der Waals surface area contributed by atoms with E-state index >= 15 is 0 Å². The first-order valence-electron chi connectivity index (χ1n) is 9.46. The van der Waals surface area contributed by atoms with Crippen molar-refractivity contribution < 1.29 is 13.9 Å². The number of rotatable bonds is 8. The summed E-state index contributed by atoms with van der Waals surface area (Å²) in [4.78, 5) is 8.84. The minimum absolute atomic E-state index is 0.309. The predicted molar refractivity (Wildman–Crippen MR) is 108 cm³/mol. The van der Waals surface area contributed by atoms with Crippen molar-refractivity contribution in [2.75, 3.05) is 6.61 Å². The molecule has 148 valence electrons. The Bertz CT molecular complexity index is 1070. The Kier molecular flexibility index (Phi) is 5.56. The highest BCUT2D eigenvalue weighted by molar-refractivity contribution is 5.53. The van der Waals surface area contributed by atoms with Crippen molar-refractivity contribution in [2.45, 2.75) is 27.0 Å². The van der Waals surface area contributed by atoms with Crippen LogP contribution < -0.4 is 9.47 Å². The summed E-state index contributed by atoms with van der Waals surface area (Å²) in [5, 5.41) is 4.37. The Balaban J connectivity index is 1.41. The molecule has 4 aromatic rings. The van der Waals surface area contributed by atoms with E-state index in [1.54, 1.807) is 17.1 Å². The van der Waals surface area contributed by atoms with Crippen molar-refractivity contribution in [2.24, 2.45) is 0 Å². The Morgan fingerprint density at radius 1 is 1.07 bits per heavy atom. The van der Waals surface area contributed by atoms with Crippen LogP contribution >= 0.6 is 0 Å². The van der Waals surface area contributed by atoms with E-state index in [-0.39, 0.29) is 0 Å². The molecule has 4 rings (SSSR count). The zero-order chi connectivity index (χ0) is 20.1. The molecule has 0 unspecified atom stereocenters. The molecule has 0 bridgehead atoms. The molecule has 0 aliphatic carbocycles. The maximum Gasteiger partial charge on any atom is 0.232 e. The van der Waals surface area contributed by atoms with Gasteiger partial charge in [-0.15, -0.1) is 5.10 Å². The molecule has 0 aliphatic heterocycles. The minimum Gasteiger partial charge on any atom is -0.486 e. The summed E-state index contributed by atoms with van der Waals surface area (Å²) in [6, 6.07) is 13.6. The first kappa shape index (κ1) is 18.7. The molecule has 3 heterocycles. The van der Waals surface area contributed by atoms with Gasteiger partial charge in [-0.1, -0.05) is 18.2 Å². The molecule has 0 saturated carbocycles. The van der Waals surface area contributed by atoms with E-state index < -0.39 is 0 Å². The maximum absolute atomic E-state index is 5.90. The van der Waals surface area contributed by atoms with Crippen molar-refractivity contribution >= 4 is 0 Å². The fraction of sp³-hybridized carbons (Fsp3) is 0.227. The topological polar surface area (TPSA) is 75.2 Å². The van der Waals surface area contributed by atoms with Crippen LogP contribution in [0.1, 0.15) is 23.9 Å². The van der Waals surface area contributed by atoms with Gasteiger partial charge in [0.2, 0.25) is 11.8 Å². The zero-order valence-corrected chi connectivity index (χ0v) is 16.4. The smallest absolute Gasteiger partial charge is 0.232 e. The third-order valence-electron chi connectivity index (χ3n) is 4.31. The largest absolute Gasteiger partial charge is 0.486 e. The molecule has 0 amide bonds. The molecule has 0 N–H and O–H groups in total. The van der Waals surface area contributed by atoms with Gasteiger partial charge < -0.3 is 13.9 Å². The Morgan fingerprint density at radius 3 is 2.76 bits per heavy atom. The van der Waals surface area contributed by atoms with E-state index in [9.17, 15) is 0 Å². The van der Waals surface area contributed by atoms with E-state index in [1.807, 2.05) is 62.5 Å². The summed E-state index contributed by atoms with van der Waals surface area (Å²) in [7, 11) is 0. The second-order valence-corrected chi connectivity index (χ2v) is 6.49. The van der Waals surface area contributed by atoms with Gasteiger partial charge in [0, 0.05) is 24.0 Å². The third-order valence-corrected chi connectivity index (χ3v) is 4.31. The second-order valence-electron chi connectivity index (χ2n) is 6.49. The summed E-state index contributed by atoms with van der Waals surface area (Å²) in [5.74, 6) is 2.62. The standard InChI is InChI=1S/C22H22N4O3/c1-3-27-21-9-10-26(25-21)14-17-11-19(13-23-12-17)28-15-20-16(2)29-22(24-20)18-7-5-4-6-8-18/h4-13H,3,14-15H2,1-2H3. The van der Waals surface area contributed by atoms with Crippen LogP contribution in [0, 0.1) is 6.92 Å². The number of aryl methyl sites for hydroxylation is 1. The van der Waals surface area contributed by atoms with Crippen molar-refractivity contribution in [3.63, 3.8) is 0 Å². The molecule has 3 aromatic heterocycles. The Hall–Kier alpha value is -3.61. The summed E-state index contributed by atoms with van der Waals surface area (Å²) in [6.07, 6.45) is 5.36. The second kappa shape index (κ2) is 8.60. The number of oxazole rings is 1. The van der Waals surface area contributed by atoms with Crippen LogP contribution in [0.2, 0.25) is 0 Å². The van der Waals surface area contributed by atoms with Crippen molar-refractivity contribution in [1.82, 2.24) is 19.7 Å². The van der Waals surface area contributed by atoms with Crippen LogP contribution in [0.3, 0.4) is 0 Å². The molecule has 29 heavy (non-hydrogen) atoms. The number of hydrogen-bond donors (Lipinski definition) is 0. The van der Waals surface area contributed by atoms with Gasteiger partial charge in [0.25, 0.3) is 0 Å². The molecular formula is C22H22N4O3. The highest BCUT2D eigenvalue weighted by Gasteiger charge is 2.12. The van der Waals surface area contributed by atoms with Crippen LogP contribution in [0.5, 0.6) is 11.6 Å². The van der Waals surface area contributed by atoms with E-state index in [0.29, 0.717) is 37.3 Å². The van der Waals surface area contributed by atoms with Crippen LogP contribution in [0.25, 0.3) is 11.5 Å².